The minimum atomic E-state index is -1.99. The fourth-order valence-corrected chi connectivity index (χ4v) is 1.03. The van der Waals surface area contributed by atoms with Gasteiger partial charge in [-0.3, -0.25) is 4.81 Å². The summed E-state index contributed by atoms with van der Waals surface area (Å²) in [6, 6.07) is 8.71. The predicted octanol–water partition coefficient (Wildman–Crippen LogP) is 0.136. The number of amides is 1. The summed E-state index contributed by atoms with van der Waals surface area (Å²) in [6.07, 6.45) is -1.37. The Hall–Kier alpha value is -1.53. The molecule has 74 valence electrons. The van der Waals surface area contributed by atoms with Gasteiger partial charge in [0, 0.05) is 6.54 Å². The van der Waals surface area contributed by atoms with E-state index in [4.69, 9.17) is 15.2 Å². The molecule has 1 rings (SSSR count). The minimum absolute atomic E-state index is 0.0478. The van der Waals surface area contributed by atoms with Crippen LogP contribution in [-0.4, -0.2) is 33.3 Å². The summed E-state index contributed by atoms with van der Waals surface area (Å²) in [4.78, 5) is 11.1. The summed E-state index contributed by atoms with van der Waals surface area (Å²) in [5, 5.41) is 26.1. The molecule has 0 saturated heterocycles. The Morgan fingerprint density at radius 3 is 2.29 bits per heavy atom. The minimum Gasteiger partial charge on any atom is -0.466 e. The Morgan fingerprint density at radius 2 is 1.86 bits per heavy atom. The van der Waals surface area contributed by atoms with E-state index in [0.29, 0.717) is 10.4 Å². The lowest BCUT2D eigenvalue weighted by Gasteiger charge is -2.17. The number of benzene rings is 1. The molecule has 3 N–H and O–H groups in total. The van der Waals surface area contributed by atoms with Gasteiger partial charge in [0.25, 0.3) is 0 Å². The number of hydrogen-bond donors (Lipinski definition) is 3. The van der Waals surface area contributed by atoms with Crippen LogP contribution in [0, 0.1) is 0 Å². The average molecular weight is 195 g/mol. The highest BCUT2D eigenvalue weighted by molar-refractivity contribution is 6.41. The molecule has 1 aromatic rings. The van der Waals surface area contributed by atoms with Crippen molar-refractivity contribution in [2.45, 2.75) is 6.54 Å². The number of carboxylic acid groups (broad SMARTS) is 1. The van der Waals surface area contributed by atoms with Crippen LogP contribution >= 0.6 is 0 Å². The van der Waals surface area contributed by atoms with Crippen molar-refractivity contribution in [3.63, 3.8) is 0 Å². The first-order valence-electron chi connectivity index (χ1n) is 4.01. The van der Waals surface area contributed by atoms with Crippen molar-refractivity contribution in [1.29, 1.82) is 0 Å². The molecule has 0 spiro atoms. The molecule has 1 amide bonds. The fourth-order valence-electron chi connectivity index (χ4n) is 1.03. The molecule has 0 aromatic heterocycles. The molecule has 0 atom stereocenters. The lowest BCUT2D eigenvalue weighted by Crippen LogP contribution is -2.42. The van der Waals surface area contributed by atoms with E-state index in [9.17, 15) is 4.79 Å². The maximum absolute atomic E-state index is 10.6. The Labute approximate surface area is 81.4 Å². The van der Waals surface area contributed by atoms with E-state index in [1.165, 1.54) is 0 Å². The normalized spacial score (nSPS) is 9.57. The molecular formula is C8H10BNO4. The van der Waals surface area contributed by atoms with Crippen LogP contribution in [-0.2, 0) is 6.54 Å². The summed E-state index contributed by atoms with van der Waals surface area (Å²) < 4.78 is 0. The molecule has 1 aromatic carbocycles. The molecule has 0 unspecified atom stereocenters. The number of rotatable bonds is 3. The third-order valence-corrected chi connectivity index (χ3v) is 1.72. The third-order valence-electron chi connectivity index (χ3n) is 1.72. The highest BCUT2D eigenvalue weighted by Gasteiger charge is 2.25. The van der Waals surface area contributed by atoms with Gasteiger partial charge in [0.05, 0.1) is 0 Å². The van der Waals surface area contributed by atoms with Crippen LogP contribution in [0.2, 0.25) is 0 Å². The summed E-state index contributed by atoms with van der Waals surface area (Å²) in [7, 11) is -1.99. The highest BCUT2D eigenvalue weighted by atomic mass is 16.4. The molecular weight excluding hydrogens is 185 g/mol. The zero-order chi connectivity index (χ0) is 10.6. The van der Waals surface area contributed by atoms with E-state index in [2.05, 4.69) is 0 Å². The van der Waals surface area contributed by atoms with Crippen LogP contribution in [0.3, 0.4) is 0 Å². The van der Waals surface area contributed by atoms with Gasteiger partial charge in [-0.1, -0.05) is 30.3 Å². The molecule has 0 bridgehead atoms. The van der Waals surface area contributed by atoms with Crippen LogP contribution < -0.4 is 0 Å². The maximum Gasteiger partial charge on any atom is 0.593 e. The molecule has 0 fully saturated rings. The Bertz CT molecular complexity index is 303. The van der Waals surface area contributed by atoms with Crippen molar-refractivity contribution in [3.8, 4) is 0 Å². The second-order valence-electron chi connectivity index (χ2n) is 2.74. The zero-order valence-corrected chi connectivity index (χ0v) is 7.37. The molecule has 6 heteroatoms. The van der Waals surface area contributed by atoms with Gasteiger partial charge in [-0.15, -0.1) is 0 Å². The molecule has 5 nitrogen and oxygen atoms in total. The zero-order valence-electron chi connectivity index (χ0n) is 7.37. The molecule has 0 aliphatic heterocycles. The van der Waals surface area contributed by atoms with Gasteiger partial charge in [0.1, 0.15) is 0 Å². The van der Waals surface area contributed by atoms with Gasteiger partial charge < -0.3 is 15.2 Å². The van der Waals surface area contributed by atoms with E-state index >= 15 is 0 Å². The lowest BCUT2D eigenvalue weighted by molar-refractivity contribution is 0.155. The molecule has 14 heavy (non-hydrogen) atoms. The Morgan fingerprint density at radius 1 is 1.29 bits per heavy atom. The fraction of sp³-hybridized carbons (Fsp3) is 0.125. The van der Waals surface area contributed by atoms with Crippen LogP contribution in [0.5, 0.6) is 0 Å². The van der Waals surface area contributed by atoms with Gasteiger partial charge in [-0.2, -0.15) is 0 Å². The second-order valence-corrected chi connectivity index (χ2v) is 2.74. The van der Waals surface area contributed by atoms with Crippen LogP contribution in [0.1, 0.15) is 5.56 Å². The van der Waals surface area contributed by atoms with Crippen molar-refractivity contribution in [3.05, 3.63) is 35.9 Å². The molecule has 0 aliphatic carbocycles. The van der Waals surface area contributed by atoms with Crippen molar-refractivity contribution in [1.82, 2.24) is 4.81 Å². The number of hydrogen-bond acceptors (Lipinski definition) is 3. The van der Waals surface area contributed by atoms with Crippen molar-refractivity contribution in [2.75, 3.05) is 0 Å². The van der Waals surface area contributed by atoms with E-state index in [1.807, 2.05) is 0 Å². The third kappa shape index (κ3) is 2.76. The Kier molecular flexibility index (Phi) is 3.50. The summed E-state index contributed by atoms with van der Waals surface area (Å²) >= 11 is 0. The van der Waals surface area contributed by atoms with Crippen LogP contribution in [0.15, 0.2) is 30.3 Å². The van der Waals surface area contributed by atoms with Crippen LogP contribution in [0.25, 0.3) is 0 Å². The molecule has 0 radical (unpaired) electrons. The van der Waals surface area contributed by atoms with E-state index in [1.54, 1.807) is 30.3 Å². The first-order chi connectivity index (χ1) is 6.61. The predicted molar refractivity (Wildman–Crippen MR) is 50.2 cm³/mol. The average Bonchev–Trinajstić information content (AvgIpc) is 2.15. The monoisotopic (exact) mass is 195 g/mol. The smallest absolute Gasteiger partial charge is 0.466 e. The van der Waals surface area contributed by atoms with E-state index < -0.39 is 13.3 Å². The standard InChI is InChI=1S/C8H10BNO4/c11-8(12)10(9(13)14)6-7-4-2-1-3-5-7/h1-5,13-14H,6H2,(H,11,12). The molecule has 0 heterocycles. The van der Waals surface area contributed by atoms with Gasteiger partial charge >= 0.3 is 13.3 Å². The van der Waals surface area contributed by atoms with Gasteiger partial charge in [-0.05, 0) is 5.56 Å². The second kappa shape index (κ2) is 4.64. The van der Waals surface area contributed by atoms with Gasteiger partial charge in [0.15, 0.2) is 0 Å². The van der Waals surface area contributed by atoms with Crippen molar-refractivity contribution >= 4 is 13.3 Å². The molecule has 0 aliphatic rings. The summed E-state index contributed by atoms with van der Waals surface area (Å²) in [5.41, 5.74) is 0.697. The largest absolute Gasteiger partial charge is 0.593 e. The van der Waals surface area contributed by atoms with Crippen molar-refractivity contribution < 1.29 is 19.9 Å². The SMILES string of the molecule is O=C(O)N(Cc1ccccc1)B(O)O. The summed E-state index contributed by atoms with van der Waals surface area (Å²) in [5.74, 6) is 0. The molecule has 0 saturated carbocycles. The maximum atomic E-state index is 10.6. The first kappa shape index (κ1) is 10.6. The topological polar surface area (TPSA) is 81.0 Å². The number of carbonyl (C=O) groups is 1. The van der Waals surface area contributed by atoms with E-state index in [0.717, 1.165) is 0 Å². The lowest BCUT2D eigenvalue weighted by atomic mass is 10.1. The van der Waals surface area contributed by atoms with Gasteiger partial charge in [-0.25, -0.2) is 4.79 Å². The Balaban J connectivity index is 2.70. The highest BCUT2D eigenvalue weighted by Crippen LogP contribution is 2.04. The first-order valence-corrected chi connectivity index (χ1v) is 4.01. The number of nitrogens with zero attached hydrogens (tertiary/aromatic N) is 1. The van der Waals surface area contributed by atoms with Crippen LogP contribution in [0.4, 0.5) is 4.79 Å². The van der Waals surface area contributed by atoms with Gasteiger partial charge in [0.2, 0.25) is 0 Å². The quantitative estimate of drug-likeness (QED) is 0.599. The summed E-state index contributed by atoms with van der Waals surface area (Å²) in [6.45, 7) is -0.0478. The van der Waals surface area contributed by atoms with E-state index in [-0.39, 0.29) is 6.54 Å². The van der Waals surface area contributed by atoms with Crippen molar-refractivity contribution in [2.24, 2.45) is 0 Å².